The smallest absolute Gasteiger partial charge is 0.0860 e. The summed E-state index contributed by atoms with van der Waals surface area (Å²) in [4.78, 5) is 0. The molecule has 1 saturated heterocycles. The van der Waals surface area contributed by atoms with Crippen molar-refractivity contribution in [1.29, 1.82) is 0 Å². The standard InChI is InChI=1S/C11H22N2O/c1-14-11-8-12-7-10(11)13-9-5-3-2-4-6-9/h9-13H,2-8H2,1H3/t10?,11-/m0/s1. The molecule has 0 aromatic heterocycles. The highest BCUT2D eigenvalue weighted by Crippen LogP contribution is 2.19. The van der Waals surface area contributed by atoms with E-state index in [4.69, 9.17) is 4.74 Å². The van der Waals surface area contributed by atoms with E-state index in [1.165, 1.54) is 32.1 Å². The van der Waals surface area contributed by atoms with Crippen LogP contribution in [0.3, 0.4) is 0 Å². The van der Waals surface area contributed by atoms with Gasteiger partial charge in [0.15, 0.2) is 0 Å². The third kappa shape index (κ3) is 2.47. The summed E-state index contributed by atoms with van der Waals surface area (Å²) in [5.74, 6) is 0. The van der Waals surface area contributed by atoms with Crippen molar-refractivity contribution < 1.29 is 4.74 Å². The van der Waals surface area contributed by atoms with E-state index in [1.54, 1.807) is 0 Å². The van der Waals surface area contributed by atoms with Gasteiger partial charge in [0.2, 0.25) is 0 Å². The van der Waals surface area contributed by atoms with Crippen molar-refractivity contribution in [2.45, 2.75) is 50.3 Å². The molecule has 1 aliphatic heterocycles. The van der Waals surface area contributed by atoms with Crippen LogP contribution in [0.4, 0.5) is 0 Å². The lowest BCUT2D eigenvalue weighted by atomic mass is 9.94. The zero-order valence-electron chi connectivity index (χ0n) is 9.09. The maximum Gasteiger partial charge on any atom is 0.0860 e. The van der Waals surface area contributed by atoms with Gasteiger partial charge in [-0.15, -0.1) is 0 Å². The molecule has 0 radical (unpaired) electrons. The molecule has 3 nitrogen and oxygen atoms in total. The van der Waals surface area contributed by atoms with Crippen LogP contribution in [0.15, 0.2) is 0 Å². The first-order chi connectivity index (χ1) is 6.90. The van der Waals surface area contributed by atoms with Crippen LogP contribution < -0.4 is 10.6 Å². The second-order valence-corrected chi connectivity index (χ2v) is 4.54. The Balaban J connectivity index is 1.77. The monoisotopic (exact) mass is 198 g/mol. The molecular formula is C11H22N2O. The fourth-order valence-corrected chi connectivity index (χ4v) is 2.64. The Morgan fingerprint density at radius 3 is 2.64 bits per heavy atom. The van der Waals surface area contributed by atoms with Gasteiger partial charge in [-0.3, -0.25) is 0 Å². The van der Waals surface area contributed by atoms with Gasteiger partial charge in [0, 0.05) is 32.3 Å². The quantitative estimate of drug-likeness (QED) is 0.707. The first kappa shape index (κ1) is 10.4. The highest BCUT2D eigenvalue weighted by Gasteiger charge is 2.28. The van der Waals surface area contributed by atoms with Crippen molar-refractivity contribution in [1.82, 2.24) is 10.6 Å². The molecule has 1 heterocycles. The molecule has 1 saturated carbocycles. The second-order valence-electron chi connectivity index (χ2n) is 4.54. The zero-order chi connectivity index (χ0) is 9.80. The minimum absolute atomic E-state index is 0.372. The number of ether oxygens (including phenoxy) is 1. The highest BCUT2D eigenvalue weighted by molar-refractivity contribution is 4.90. The molecule has 14 heavy (non-hydrogen) atoms. The van der Waals surface area contributed by atoms with E-state index in [2.05, 4.69) is 10.6 Å². The Morgan fingerprint density at radius 1 is 1.14 bits per heavy atom. The van der Waals surface area contributed by atoms with E-state index in [0.29, 0.717) is 12.1 Å². The average molecular weight is 198 g/mol. The van der Waals surface area contributed by atoms with Crippen LogP contribution in [0.25, 0.3) is 0 Å². The highest BCUT2D eigenvalue weighted by atomic mass is 16.5. The summed E-state index contributed by atoms with van der Waals surface area (Å²) in [6, 6.07) is 1.27. The van der Waals surface area contributed by atoms with Gasteiger partial charge < -0.3 is 15.4 Å². The Kier molecular flexibility index (Phi) is 3.79. The van der Waals surface area contributed by atoms with E-state index >= 15 is 0 Å². The van der Waals surface area contributed by atoms with Gasteiger partial charge in [-0.25, -0.2) is 0 Å². The molecule has 3 heteroatoms. The fraction of sp³-hybridized carbons (Fsp3) is 1.00. The van der Waals surface area contributed by atoms with Crippen LogP contribution in [0.2, 0.25) is 0 Å². The molecule has 1 unspecified atom stereocenters. The summed E-state index contributed by atoms with van der Waals surface area (Å²) < 4.78 is 5.44. The van der Waals surface area contributed by atoms with Crippen molar-refractivity contribution >= 4 is 0 Å². The molecule has 82 valence electrons. The lowest BCUT2D eigenvalue weighted by Gasteiger charge is -2.28. The summed E-state index contributed by atoms with van der Waals surface area (Å²) in [6.07, 6.45) is 7.30. The maximum atomic E-state index is 5.44. The average Bonchev–Trinajstić information content (AvgIpc) is 2.67. The Labute approximate surface area is 86.6 Å². The van der Waals surface area contributed by atoms with Crippen LogP contribution in [-0.4, -0.2) is 38.4 Å². The third-order valence-corrected chi connectivity index (χ3v) is 3.52. The molecular weight excluding hydrogens is 176 g/mol. The summed E-state index contributed by atoms with van der Waals surface area (Å²) in [5, 5.41) is 7.11. The van der Waals surface area contributed by atoms with Gasteiger partial charge in [0.1, 0.15) is 0 Å². The van der Waals surface area contributed by atoms with Gasteiger partial charge >= 0.3 is 0 Å². The normalized spacial score (nSPS) is 34.9. The summed E-state index contributed by atoms with van der Waals surface area (Å²) >= 11 is 0. The molecule has 0 amide bonds. The van der Waals surface area contributed by atoms with Crippen molar-refractivity contribution in [2.75, 3.05) is 20.2 Å². The molecule has 2 rings (SSSR count). The van der Waals surface area contributed by atoms with Gasteiger partial charge in [-0.2, -0.15) is 0 Å². The first-order valence-electron chi connectivity index (χ1n) is 5.89. The minimum Gasteiger partial charge on any atom is -0.378 e. The molecule has 1 aliphatic carbocycles. The van der Waals surface area contributed by atoms with E-state index in [-0.39, 0.29) is 0 Å². The van der Waals surface area contributed by atoms with Gasteiger partial charge in [-0.1, -0.05) is 19.3 Å². The second kappa shape index (κ2) is 5.10. The van der Waals surface area contributed by atoms with Gasteiger partial charge in [0.05, 0.1) is 6.10 Å². The van der Waals surface area contributed by atoms with Gasteiger partial charge in [-0.05, 0) is 12.8 Å². The van der Waals surface area contributed by atoms with Crippen LogP contribution in [0.5, 0.6) is 0 Å². The topological polar surface area (TPSA) is 33.3 Å². The third-order valence-electron chi connectivity index (χ3n) is 3.52. The van der Waals surface area contributed by atoms with Crippen molar-refractivity contribution in [2.24, 2.45) is 0 Å². The van der Waals surface area contributed by atoms with Crippen LogP contribution in [0.1, 0.15) is 32.1 Å². The molecule has 2 aliphatic rings. The van der Waals surface area contributed by atoms with Crippen molar-refractivity contribution in [3.05, 3.63) is 0 Å². The molecule has 0 aromatic carbocycles. The number of rotatable bonds is 3. The van der Waals surface area contributed by atoms with Gasteiger partial charge in [0.25, 0.3) is 0 Å². The first-order valence-corrected chi connectivity index (χ1v) is 5.89. The molecule has 2 N–H and O–H groups in total. The number of hydrogen-bond donors (Lipinski definition) is 2. The Hall–Kier alpha value is -0.120. The van der Waals surface area contributed by atoms with Crippen LogP contribution in [-0.2, 0) is 4.74 Å². The number of hydrogen-bond acceptors (Lipinski definition) is 3. The molecule has 0 bridgehead atoms. The number of methoxy groups -OCH3 is 1. The summed E-state index contributed by atoms with van der Waals surface area (Å²) in [7, 11) is 1.81. The van der Waals surface area contributed by atoms with E-state index < -0.39 is 0 Å². The molecule has 2 fully saturated rings. The predicted molar refractivity (Wildman–Crippen MR) is 57.5 cm³/mol. The lowest BCUT2D eigenvalue weighted by molar-refractivity contribution is 0.0901. The SMILES string of the molecule is CO[C@H]1CNCC1NC1CCCCC1. The van der Waals surface area contributed by atoms with Crippen molar-refractivity contribution in [3.63, 3.8) is 0 Å². The van der Waals surface area contributed by atoms with Crippen LogP contribution >= 0.6 is 0 Å². The zero-order valence-corrected chi connectivity index (χ0v) is 9.09. The summed E-state index contributed by atoms with van der Waals surface area (Å²) in [5.41, 5.74) is 0. The van der Waals surface area contributed by atoms with E-state index in [9.17, 15) is 0 Å². The predicted octanol–water partition coefficient (Wildman–Crippen LogP) is 0.895. The summed E-state index contributed by atoms with van der Waals surface area (Å²) in [6.45, 7) is 2.07. The molecule has 2 atom stereocenters. The van der Waals surface area contributed by atoms with Crippen LogP contribution in [0, 0.1) is 0 Å². The minimum atomic E-state index is 0.372. The van der Waals surface area contributed by atoms with Crippen molar-refractivity contribution in [3.8, 4) is 0 Å². The largest absolute Gasteiger partial charge is 0.378 e. The molecule has 0 spiro atoms. The van der Waals surface area contributed by atoms with E-state index in [1.807, 2.05) is 7.11 Å². The lowest BCUT2D eigenvalue weighted by Crippen LogP contribution is -2.46. The number of nitrogens with one attached hydrogen (secondary N) is 2. The molecule has 0 aromatic rings. The fourth-order valence-electron chi connectivity index (χ4n) is 2.64. The Bertz CT molecular complexity index is 169. The Morgan fingerprint density at radius 2 is 1.93 bits per heavy atom. The maximum absolute atomic E-state index is 5.44. The van der Waals surface area contributed by atoms with E-state index in [0.717, 1.165) is 19.1 Å².